The highest BCUT2D eigenvalue weighted by molar-refractivity contribution is 5.92. The zero-order valence-electron chi connectivity index (χ0n) is 18.6. The molecule has 2 aromatic carbocycles. The molecule has 6 nitrogen and oxygen atoms in total. The number of methoxy groups -OCH3 is 2. The van der Waals surface area contributed by atoms with Crippen LogP contribution < -0.4 is 14.8 Å². The SMILES string of the molecule is CCC(C)C(=O)Nc1ccc(OCCOc2c(COC)cc(C)cc2COC)cc1. The maximum atomic E-state index is 12.0. The van der Waals surface area contributed by atoms with Crippen LogP contribution in [0.5, 0.6) is 11.5 Å². The van der Waals surface area contributed by atoms with Crippen molar-refractivity contribution >= 4 is 11.6 Å². The van der Waals surface area contributed by atoms with Gasteiger partial charge in [0.25, 0.3) is 0 Å². The predicted octanol–water partition coefficient (Wildman–Crippen LogP) is 4.73. The highest BCUT2D eigenvalue weighted by atomic mass is 16.5. The van der Waals surface area contributed by atoms with Crippen LogP contribution in [0.25, 0.3) is 0 Å². The van der Waals surface area contributed by atoms with Crippen LogP contribution in [0.15, 0.2) is 36.4 Å². The Hall–Kier alpha value is -2.57. The molecule has 164 valence electrons. The summed E-state index contributed by atoms with van der Waals surface area (Å²) in [6.07, 6.45) is 0.812. The lowest BCUT2D eigenvalue weighted by molar-refractivity contribution is -0.119. The molecule has 0 radical (unpaired) electrons. The van der Waals surface area contributed by atoms with Crippen molar-refractivity contribution in [2.24, 2.45) is 5.92 Å². The van der Waals surface area contributed by atoms with Gasteiger partial charge in [-0.3, -0.25) is 4.79 Å². The van der Waals surface area contributed by atoms with Crippen molar-refractivity contribution in [1.29, 1.82) is 0 Å². The van der Waals surface area contributed by atoms with Crippen LogP contribution in [0, 0.1) is 12.8 Å². The minimum Gasteiger partial charge on any atom is -0.490 e. The molecule has 2 aromatic rings. The van der Waals surface area contributed by atoms with Crippen molar-refractivity contribution in [2.45, 2.75) is 40.4 Å². The van der Waals surface area contributed by atoms with Gasteiger partial charge in [-0.2, -0.15) is 0 Å². The normalized spacial score (nSPS) is 11.8. The maximum Gasteiger partial charge on any atom is 0.227 e. The van der Waals surface area contributed by atoms with Crippen LogP contribution in [-0.2, 0) is 27.5 Å². The lowest BCUT2D eigenvalue weighted by Gasteiger charge is -2.17. The third-order valence-electron chi connectivity index (χ3n) is 4.77. The van der Waals surface area contributed by atoms with Crippen molar-refractivity contribution in [1.82, 2.24) is 0 Å². The number of carbonyl (C=O) groups is 1. The lowest BCUT2D eigenvalue weighted by Crippen LogP contribution is -2.19. The van der Waals surface area contributed by atoms with Crippen LogP contribution in [0.1, 0.15) is 37.0 Å². The number of ether oxygens (including phenoxy) is 4. The lowest BCUT2D eigenvalue weighted by atomic mass is 10.1. The first-order valence-corrected chi connectivity index (χ1v) is 10.2. The molecule has 0 fully saturated rings. The molecule has 1 amide bonds. The van der Waals surface area contributed by atoms with Crippen LogP contribution in [0.2, 0.25) is 0 Å². The Kier molecular flexibility index (Phi) is 9.64. The third-order valence-corrected chi connectivity index (χ3v) is 4.77. The highest BCUT2D eigenvalue weighted by Crippen LogP contribution is 2.27. The van der Waals surface area contributed by atoms with E-state index in [1.807, 2.05) is 45.0 Å². The smallest absolute Gasteiger partial charge is 0.227 e. The molecule has 0 aromatic heterocycles. The Balaban J connectivity index is 1.91. The monoisotopic (exact) mass is 415 g/mol. The molecule has 0 saturated carbocycles. The highest BCUT2D eigenvalue weighted by Gasteiger charge is 2.12. The van der Waals surface area contributed by atoms with E-state index in [0.717, 1.165) is 40.3 Å². The number of amides is 1. The maximum absolute atomic E-state index is 12.0. The van der Waals surface area contributed by atoms with Gasteiger partial charge in [-0.25, -0.2) is 0 Å². The second-order valence-electron chi connectivity index (χ2n) is 7.30. The van der Waals surface area contributed by atoms with Gasteiger partial charge in [-0.1, -0.05) is 31.5 Å². The zero-order valence-corrected chi connectivity index (χ0v) is 18.6. The minimum atomic E-state index is -0.00847. The summed E-state index contributed by atoms with van der Waals surface area (Å²) >= 11 is 0. The molecule has 0 aliphatic rings. The average molecular weight is 416 g/mol. The van der Waals surface area contributed by atoms with E-state index in [-0.39, 0.29) is 11.8 Å². The zero-order chi connectivity index (χ0) is 21.9. The average Bonchev–Trinajstić information content (AvgIpc) is 2.73. The standard InChI is InChI=1S/C24H33NO5/c1-6-18(3)24(26)25-21-7-9-22(10-8-21)29-11-12-30-23-19(15-27-4)13-17(2)14-20(23)16-28-5/h7-10,13-14,18H,6,11-12,15-16H2,1-5H3,(H,25,26). The molecule has 0 aliphatic heterocycles. The first-order valence-electron chi connectivity index (χ1n) is 10.2. The van der Waals surface area contributed by atoms with Crippen molar-refractivity contribution in [2.75, 3.05) is 32.8 Å². The van der Waals surface area contributed by atoms with Crippen molar-refractivity contribution in [3.63, 3.8) is 0 Å². The summed E-state index contributed by atoms with van der Waals surface area (Å²) in [4.78, 5) is 12.0. The molecule has 30 heavy (non-hydrogen) atoms. The van der Waals surface area contributed by atoms with Gasteiger partial charge < -0.3 is 24.3 Å². The number of nitrogens with one attached hydrogen (secondary N) is 1. The van der Waals surface area contributed by atoms with E-state index < -0.39 is 0 Å². The minimum absolute atomic E-state index is 0.00847. The van der Waals surface area contributed by atoms with E-state index in [2.05, 4.69) is 17.4 Å². The second kappa shape index (κ2) is 12.2. The summed E-state index contributed by atoms with van der Waals surface area (Å²) in [6.45, 7) is 7.68. The van der Waals surface area contributed by atoms with Gasteiger partial charge in [0.2, 0.25) is 5.91 Å². The molecular formula is C24H33NO5. The summed E-state index contributed by atoms with van der Waals surface area (Å²) in [6, 6.07) is 11.5. The molecule has 1 N–H and O–H groups in total. The number of hydrogen-bond acceptors (Lipinski definition) is 5. The Morgan fingerprint density at radius 1 is 0.967 bits per heavy atom. The van der Waals surface area contributed by atoms with Crippen molar-refractivity contribution < 1.29 is 23.7 Å². The molecule has 1 atom stereocenters. The van der Waals surface area contributed by atoms with Gasteiger partial charge in [-0.05, 0) is 37.6 Å². The fourth-order valence-electron chi connectivity index (χ4n) is 3.03. The summed E-state index contributed by atoms with van der Waals surface area (Å²) in [5.41, 5.74) is 3.88. The van der Waals surface area contributed by atoms with Gasteiger partial charge in [0.15, 0.2) is 0 Å². The summed E-state index contributed by atoms with van der Waals surface area (Å²) in [7, 11) is 3.33. The molecule has 1 unspecified atom stereocenters. The molecule has 0 saturated heterocycles. The fourth-order valence-corrected chi connectivity index (χ4v) is 3.03. The topological polar surface area (TPSA) is 66.0 Å². The number of benzene rings is 2. The van der Waals surface area contributed by atoms with Crippen LogP contribution in [0.4, 0.5) is 5.69 Å². The number of hydrogen-bond donors (Lipinski definition) is 1. The molecule has 0 spiro atoms. The molecule has 6 heteroatoms. The first kappa shape index (κ1) is 23.7. The Morgan fingerprint density at radius 2 is 1.53 bits per heavy atom. The number of rotatable bonds is 12. The van der Waals surface area contributed by atoms with Gasteiger partial charge in [0.05, 0.1) is 13.2 Å². The summed E-state index contributed by atoms with van der Waals surface area (Å²) in [5, 5.41) is 2.91. The van der Waals surface area contributed by atoms with E-state index in [1.165, 1.54) is 0 Å². The Morgan fingerprint density at radius 3 is 2.07 bits per heavy atom. The summed E-state index contributed by atoms with van der Waals surface area (Å²) < 4.78 is 22.4. The van der Waals surface area contributed by atoms with Crippen molar-refractivity contribution in [3.8, 4) is 11.5 Å². The van der Waals surface area contributed by atoms with Crippen molar-refractivity contribution in [3.05, 3.63) is 53.1 Å². The summed E-state index contributed by atoms with van der Waals surface area (Å²) in [5.74, 6) is 1.52. The van der Waals surface area contributed by atoms with E-state index in [4.69, 9.17) is 18.9 Å². The molecule has 0 bridgehead atoms. The number of aryl methyl sites for hydroxylation is 1. The number of anilines is 1. The quantitative estimate of drug-likeness (QED) is 0.508. The Labute approximate surface area is 179 Å². The number of carbonyl (C=O) groups excluding carboxylic acids is 1. The van der Waals surface area contributed by atoms with Crippen LogP contribution in [-0.4, -0.2) is 33.3 Å². The van der Waals surface area contributed by atoms with Gasteiger partial charge in [0, 0.05) is 37.0 Å². The van der Waals surface area contributed by atoms with E-state index in [0.29, 0.717) is 26.4 Å². The van der Waals surface area contributed by atoms with Crippen LogP contribution in [0.3, 0.4) is 0 Å². The van der Waals surface area contributed by atoms with Gasteiger partial charge in [-0.15, -0.1) is 0 Å². The van der Waals surface area contributed by atoms with E-state index in [1.54, 1.807) is 14.2 Å². The largest absolute Gasteiger partial charge is 0.490 e. The second-order valence-corrected chi connectivity index (χ2v) is 7.30. The molecule has 0 aliphatic carbocycles. The van der Waals surface area contributed by atoms with E-state index >= 15 is 0 Å². The molecular weight excluding hydrogens is 382 g/mol. The van der Waals surface area contributed by atoms with Gasteiger partial charge in [0.1, 0.15) is 24.7 Å². The first-order chi connectivity index (χ1) is 14.5. The Bertz CT molecular complexity index is 777. The van der Waals surface area contributed by atoms with Crippen LogP contribution >= 0.6 is 0 Å². The third kappa shape index (κ3) is 7.04. The predicted molar refractivity (Wildman–Crippen MR) is 118 cm³/mol. The molecule has 2 rings (SSSR count). The molecule has 0 heterocycles. The van der Waals surface area contributed by atoms with Gasteiger partial charge >= 0.3 is 0 Å². The van der Waals surface area contributed by atoms with E-state index in [9.17, 15) is 4.79 Å². The fraction of sp³-hybridized carbons (Fsp3) is 0.458.